The molecule has 3 nitrogen and oxygen atoms in total. The van der Waals surface area contributed by atoms with Crippen LogP contribution in [0.25, 0.3) is 0 Å². The van der Waals surface area contributed by atoms with Gasteiger partial charge in [-0.3, -0.25) is 0 Å². The molecule has 2 aliphatic carbocycles. The molecule has 18 heavy (non-hydrogen) atoms. The molecule has 1 heterocycles. The van der Waals surface area contributed by atoms with Gasteiger partial charge in [-0.25, -0.2) is 0 Å². The van der Waals surface area contributed by atoms with E-state index in [-0.39, 0.29) is 0 Å². The monoisotopic (exact) mass is 251 g/mol. The molecule has 2 bridgehead atoms. The molecule has 3 aliphatic rings. The number of fused-ring (bicyclic) bond motifs is 2. The third kappa shape index (κ3) is 3.14. The predicted octanol–water partition coefficient (Wildman–Crippen LogP) is 1.98. The van der Waals surface area contributed by atoms with E-state index in [1.54, 1.807) is 0 Å². The lowest BCUT2D eigenvalue weighted by Gasteiger charge is -2.18. The van der Waals surface area contributed by atoms with Crippen molar-refractivity contribution in [2.24, 2.45) is 17.8 Å². The zero-order valence-electron chi connectivity index (χ0n) is 11.1. The first-order chi connectivity index (χ1) is 8.92. The molecule has 102 valence electrons. The van der Waals surface area contributed by atoms with Crippen LogP contribution in [0.4, 0.5) is 0 Å². The van der Waals surface area contributed by atoms with Gasteiger partial charge in [0.25, 0.3) is 0 Å². The quantitative estimate of drug-likeness (QED) is 0.554. The Kier molecular flexibility index (Phi) is 4.34. The minimum absolute atomic E-state index is 0.362. The number of nitrogens with one attached hydrogen (secondary N) is 1. The largest absolute Gasteiger partial charge is 0.377 e. The van der Waals surface area contributed by atoms with Gasteiger partial charge in [0.15, 0.2) is 0 Å². The molecule has 1 N–H and O–H groups in total. The molecule has 3 heteroatoms. The molecule has 2 fully saturated rings. The highest BCUT2D eigenvalue weighted by molar-refractivity contribution is 5.10. The Morgan fingerprint density at radius 1 is 1.28 bits per heavy atom. The average Bonchev–Trinajstić information content (AvgIpc) is 3.10. The van der Waals surface area contributed by atoms with Gasteiger partial charge in [-0.15, -0.1) is 0 Å². The van der Waals surface area contributed by atoms with Gasteiger partial charge in [-0.05, 0) is 50.0 Å². The number of hydrogen-bond donors (Lipinski definition) is 1. The van der Waals surface area contributed by atoms with Gasteiger partial charge in [0, 0.05) is 13.2 Å². The maximum absolute atomic E-state index is 5.64. The summed E-state index contributed by atoms with van der Waals surface area (Å²) in [7, 11) is 0. The molecule has 0 radical (unpaired) electrons. The van der Waals surface area contributed by atoms with Crippen LogP contribution in [0.2, 0.25) is 0 Å². The van der Waals surface area contributed by atoms with E-state index in [2.05, 4.69) is 17.5 Å². The van der Waals surface area contributed by atoms with Crippen LogP contribution in [0, 0.1) is 17.8 Å². The Bertz CT molecular complexity index is 286. The van der Waals surface area contributed by atoms with Crippen molar-refractivity contribution in [3.05, 3.63) is 12.2 Å². The molecular formula is C15H25NO2. The van der Waals surface area contributed by atoms with Crippen molar-refractivity contribution in [3.63, 3.8) is 0 Å². The highest BCUT2D eigenvalue weighted by Crippen LogP contribution is 2.42. The van der Waals surface area contributed by atoms with E-state index in [1.165, 1.54) is 25.7 Å². The first kappa shape index (κ1) is 12.6. The molecule has 0 unspecified atom stereocenters. The summed E-state index contributed by atoms with van der Waals surface area (Å²) >= 11 is 0. The van der Waals surface area contributed by atoms with E-state index in [1.807, 2.05) is 0 Å². The summed E-state index contributed by atoms with van der Waals surface area (Å²) in [4.78, 5) is 0. The highest BCUT2D eigenvalue weighted by Gasteiger charge is 2.34. The zero-order valence-corrected chi connectivity index (χ0v) is 11.1. The van der Waals surface area contributed by atoms with Crippen LogP contribution >= 0.6 is 0 Å². The van der Waals surface area contributed by atoms with E-state index in [0.29, 0.717) is 6.10 Å². The summed E-state index contributed by atoms with van der Waals surface area (Å²) in [6.45, 7) is 4.65. The molecule has 0 amide bonds. The van der Waals surface area contributed by atoms with Gasteiger partial charge in [-0.2, -0.15) is 0 Å². The third-order valence-electron chi connectivity index (χ3n) is 4.57. The number of allylic oxidation sites excluding steroid dienone is 2. The Morgan fingerprint density at radius 2 is 2.28 bits per heavy atom. The highest BCUT2D eigenvalue weighted by atomic mass is 16.5. The molecular weight excluding hydrogens is 226 g/mol. The lowest BCUT2D eigenvalue weighted by molar-refractivity contribution is 0.0181. The SMILES string of the molecule is C1=C[C@H]2C[C@H]1C[C@H]2CNCCOC[C@H]1CCCO1. The van der Waals surface area contributed by atoms with Crippen molar-refractivity contribution >= 4 is 0 Å². The molecule has 1 saturated carbocycles. The second-order valence-electron chi connectivity index (χ2n) is 5.95. The smallest absolute Gasteiger partial charge is 0.0809 e. The van der Waals surface area contributed by atoms with E-state index in [0.717, 1.165) is 50.7 Å². The molecule has 0 aromatic heterocycles. The summed E-state index contributed by atoms with van der Waals surface area (Å²) in [6.07, 6.45) is 10.4. The Labute approximate surface area is 110 Å². The van der Waals surface area contributed by atoms with Gasteiger partial charge >= 0.3 is 0 Å². The van der Waals surface area contributed by atoms with Crippen molar-refractivity contribution in [2.75, 3.05) is 32.9 Å². The van der Waals surface area contributed by atoms with Gasteiger partial charge < -0.3 is 14.8 Å². The van der Waals surface area contributed by atoms with Crippen LogP contribution < -0.4 is 5.32 Å². The minimum atomic E-state index is 0.362. The molecule has 0 spiro atoms. The predicted molar refractivity (Wildman–Crippen MR) is 71.5 cm³/mol. The van der Waals surface area contributed by atoms with E-state index >= 15 is 0 Å². The molecule has 0 aromatic carbocycles. The van der Waals surface area contributed by atoms with E-state index in [4.69, 9.17) is 9.47 Å². The number of ether oxygens (including phenoxy) is 2. The molecule has 1 saturated heterocycles. The standard InChI is InChI=1S/C15H25NO2/c1-2-15(18-6-1)11-17-7-5-16-10-14-9-12-3-4-13(14)8-12/h3-4,12-16H,1-2,5-11H2/t12-,13-,14-,15+/m0/s1. The van der Waals surface area contributed by atoms with Crippen molar-refractivity contribution in [2.45, 2.75) is 31.8 Å². The summed E-state index contributed by atoms with van der Waals surface area (Å²) in [5.74, 6) is 2.62. The Balaban J connectivity index is 1.20. The van der Waals surface area contributed by atoms with E-state index < -0.39 is 0 Å². The van der Waals surface area contributed by atoms with Crippen molar-refractivity contribution in [3.8, 4) is 0 Å². The fraction of sp³-hybridized carbons (Fsp3) is 0.867. The fourth-order valence-electron chi connectivity index (χ4n) is 3.55. The Hall–Kier alpha value is -0.380. The van der Waals surface area contributed by atoms with Gasteiger partial charge in [0.05, 0.1) is 19.3 Å². The Morgan fingerprint density at radius 3 is 3.00 bits per heavy atom. The molecule has 4 atom stereocenters. The third-order valence-corrected chi connectivity index (χ3v) is 4.57. The van der Waals surface area contributed by atoms with Crippen LogP contribution in [-0.2, 0) is 9.47 Å². The van der Waals surface area contributed by atoms with Crippen LogP contribution in [0.5, 0.6) is 0 Å². The van der Waals surface area contributed by atoms with Gasteiger partial charge in [0.2, 0.25) is 0 Å². The number of rotatable bonds is 7. The number of hydrogen-bond acceptors (Lipinski definition) is 3. The maximum Gasteiger partial charge on any atom is 0.0809 e. The van der Waals surface area contributed by atoms with Gasteiger partial charge in [-0.1, -0.05) is 12.2 Å². The van der Waals surface area contributed by atoms with Crippen molar-refractivity contribution < 1.29 is 9.47 Å². The van der Waals surface area contributed by atoms with Gasteiger partial charge in [0.1, 0.15) is 0 Å². The maximum atomic E-state index is 5.64. The molecule has 0 aromatic rings. The minimum Gasteiger partial charge on any atom is -0.377 e. The molecule has 1 aliphatic heterocycles. The first-order valence-electron chi connectivity index (χ1n) is 7.50. The zero-order chi connectivity index (χ0) is 12.2. The van der Waals surface area contributed by atoms with Crippen LogP contribution in [0.1, 0.15) is 25.7 Å². The van der Waals surface area contributed by atoms with Crippen molar-refractivity contribution in [1.82, 2.24) is 5.32 Å². The van der Waals surface area contributed by atoms with Crippen LogP contribution in [0.3, 0.4) is 0 Å². The van der Waals surface area contributed by atoms with Crippen LogP contribution in [0.15, 0.2) is 12.2 Å². The lowest BCUT2D eigenvalue weighted by atomic mass is 9.94. The lowest BCUT2D eigenvalue weighted by Crippen LogP contribution is -2.29. The molecule has 3 rings (SSSR count). The second-order valence-corrected chi connectivity index (χ2v) is 5.95. The summed E-state index contributed by atoms with van der Waals surface area (Å²) in [5.41, 5.74) is 0. The fourth-order valence-corrected chi connectivity index (χ4v) is 3.55. The van der Waals surface area contributed by atoms with Crippen LogP contribution in [-0.4, -0.2) is 39.0 Å². The summed E-state index contributed by atoms with van der Waals surface area (Å²) in [6, 6.07) is 0. The first-order valence-corrected chi connectivity index (χ1v) is 7.50. The normalized spacial score (nSPS) is 37.8. The topological polar surface area (TPSA) is 30.5 Å². The van der Waals surface area contributed by atoms with Crippen molar-refractivity contribution in [1.29, 1.82) is 0 Å². The summed E-state index contributed by atoms with van der Waals surface area (Å²) in [5, 5.41) is 3.54. The average molecular weight is 251 g/mol. The van der Waals surface area contributed by atoms with E-state index in [9.17, 15) is 0 Å². The summed E-state index contributed by atoms with van der Waals surface area (Å²) < 4.78 is 11.2. The second kappa shape index (κ2) is 6.18.